The van der Waals surface area contributed by atoms with E-state index in [0.717, 1.165) is 5.39 Å². The Balaban J connectivity index is 1.92. The van der Waals surface area contributed by atoms with E-state index in [4.69, 9.17) is 16.0 Å². The van der Waals surface area contributed by atoms with E-state index in [1.165, 1.54) is 6.20 Å². The van der Waals surface area contributed by atoms with Crippen LogP contribution in [0.15, 0.2) is 47.1 Å². The van der Waals surface area contributed by atoms with E-state index in [1.807, 2.05) is 6.07 Å². The van der Waals surface area contributed by atoms with E-state index >= 15 is 0 Å². The summed E-state index contributed by atoms with van der Waals surface area (Å²) in [6, 6.07) is 8.54. The maximum Gasteiger partial charge on any atom is 0.291 e. The van der Waals surface area contributed by atoms with Crippen LogP contribution in [0.25, 0.3) is 11.0 Å². The van der Waals surface area contributed by atoms with Crippen LogP contribution in [0.5, 0.6) is 0 Å². The van der Waals surface area contributed by atoms with E-state index in [9.17, 15) is 9.90 Å². The zero-order valence-electron chi connectivity index (χ0n) is 10.8. The third kappa shape index (κ3) is 2.61. The average molecular weight is 303 g/mol. The largest absolute Gasteiger partial charge is 0.449 e. The molecule has 2 heterocycles. The first kappa shape index (κ1) is 13.6. The van der Waals surface area contributed by atoms with Crippen molar-refractivity contribution >= 4 is 34.2 Å². The number of hydrogen-bond donors (Lipinski definition) is 2. The van der Waals surface area contributed by atoms with Crippen LogP contribution < -0.4 is 5.32 Å². The summed E-state index contributed by atoms with van der Waals surface area (Å²) in [5, 5.41) is 13.1. The first-order valence-corrected chi connectivity index (χ1v) is 6.60. The van der Waals surface area contributed by atoms with Crippen molar-refractivity contribution in [1.82, 2.24) is 4.98 Å². The Hall–Kier alpha value is -2.37. The number of aliphatic hydroxyl groups excluding tert-OH is 1. The standard InChI is InChI=1S/C15H11ClN2O3/c16-11-3-1-2-9-6-13(21-14(9)11)15(20)18-12-7-17-5-4-10(12)8-19/h1-7,19H,8H2,(H,18,20). The first-order chi connectivity index (χ1) is 10.2. The van der Waals surface area contributed by atoms with Crippen molar-refractivity contribution in [3.05, 3.63) is 59.1 Å². The van der Waals surface area contributed by atoms with Gasteiger partial charge >= 0.3 is 0 Å². The van der Waals surface area contributed by atoms with Crippen molar-refractivity contribution in [1.29, 1.82) is 0 Å². The Morgan fingerprint density at radius 3 is 3.00 bits per heavy atom. The van der Waals surface area contributed by atoms with Crippen LogP contribution in [0, 0.1) is 0 Å². The molecule has 0 aliphatic carbocycles. The van der Waals surface area contributed by atoms with Gasteiger partial charge in [-0.2, -0.15) is 0 Å². The Bertz CT molecular complexity index is 814. The highest BCUT2D eigenvalue weighted by Gasteiger charge is 2.15. The smallest absolute Gasteiger partial charge is 0.291 e. The predicted molar refractivity (Wildman–Crippen MR) is 79.3 cm³/mol. The number of aliphatic hydroxyl groups is 1. The number of furan rings is 1. The number of anilines is 1. The summed E-state index contributed by atoms with van der Waals surface area (Å²) in [5.74, 6) is -0.282. The van der Waals surface area contributed by atoms with E-state index < -0.39 is 5.91 Å². The molecule has 21 heavy (non-hydrogen) atoms. The van der Waals surface area contributed by atoms with E-state index in [0.29, 0.717) is 21.9 Å². The van der Waals surface area contributed by atoms with E-state index in [1.54, 1.807) is 30.5 Å². The van der Waals surface area contributed by atoms with Crippen molar-refractivity contribution in [2.45, 2.75) is 6.61 Å². The lowest BCUT2D eigenvalue weighted by Crippen LogP contribution is -2.12. The minimum absolute atomic E-state index is 0.144. The van der Waals surface area contributed by atoms with Gasteiger partial charge in [0.15, 0.2) is 11.3 Å². The lowest BCUT2D eigenvalue weighted by molar-refractivity contribution is 0.0998. The molecule has 0 spiro atoms. The van der Waals surface area contributed by atoms with E-state index in [2.05, 4.69) is 10.3 Å². The second-order valence-corrected chi connectivity index (χ2v) is 4.82. The van der Waals surface area contributed by atoms with Gasteiger partial charge in [-0.25, -0.2) is 0 Å². The number of carbonyl (C=O) groups excluding carboxylic acids is 1. The molecule has 0 atom stereocenters. The van der Waals surface area contributed by atoms with Gasteiger partial charge in [-0.3, -0.25) is 9.78 Å². The zero-order valence-corrected chi connectivity index (χ0v) is 11.6. The minimum Gasteiger partial charge on any atom is -0.449 e. The van der Waals surface area contributed by atoms with Gasteiger partial charge in [-0.05, 0) is 18.2 Å². The van der Waals surface area contributed by atoms with Gasteiger partial charge in [-0.15, -0.1) is 0 Å². The molecule has 0 aliphatic rings. The van der Waals surface area contributed by atoms with Crippen LogP contribution in [0.4, 0.5) is 5.69 Å². The maximum atomic E-state index is 12.2. The van der Waals surface area contributed by atoms with Crippen LogP contribution in [-0.2, 0) is 6.61 Å². The molecule has 0 saturated carbocycles. The summed E-state index contributed by atoms with van der Waals surface area (Å²) in [6.45, 7) is -0.190. The monoisotopic (exact) mass is 302 g/mol. The SMILES string of the molecule is O=C(Nc1cnccc1CO)c1cc2cccc(Cl)c2o1. The molecule has 5 nitrogen and oxygen atoms in total. The van der Waals surface area contributed by atoms with Crippen molar-refractivity contribution in [2.75, 3.05) is 5.32 Å². The highest BCUT2D eigenvalue weighted by Crippen LogP contribution is 2.27. The number of pyridine rings is 1. The molecule has 0 radical (unpaired) electrons. The Kier molecular flexibility index (Phi) is 3.60. The fraction of sp³-hybridized carbons (Fsp3) is 0.0667. The van der Waals surface area contributed by atoms with Crippen molar-refractivity contribution in [2.24, 2.45) is 0 Å². The molecule has 106 valence electrons. The quantitative estimate of drug-likeness (QED) is 0.779. The van der Waals surface area contributed by atoms with Gasteiger partial charge in [0.1, 0.15) is 0 Å². The number of halogens is 1. The maximum absolute atomic E-state index is 12.2. The number of nitrogens with one attached hydrogen (secondary N) is 1. The van der Waals surface area contributed by atoms with Gasteiger partial charge < -0.3 is 14.8 Å². The molecule has 0 saturated heterocycles. The number of nitrogens with zero attached hydrogens (tertiary/aromatic N) is 1. The molecular formula is C15H11ClN2O3. The normalized spacial score (nSPS) is 10.8. The number of benzene rings is 1. The molecule has 2 aromatic heterocycles. The summed E-state index contributed by atoms with van der Waals surface area (Å²) < 4.78 is 5.48. The van der Waals surface area contributed by atoms with Gasteiger partial charge in [0.2, 0.25) is 0 Å². The highest BCUT2D eigenvalue weighted by molar-refractivity contribution is 6.34. The molecule has 0 fully saturated rings. The number of fused-ring (bicyclic) bond motifs is 1. The summed E-state index contributed by atoms with van der Waals surface area (Å²) in [6.07, 6.45) is 3.02. The molecule has 6 heteroatoms. The molecule has 1 amide bonds. The summed E-state index contributed by atoms with van der Waals surface area (Å²) in [7, 11) is 0. The van der Waals surface area contributed by atoms with E-state index in [-0.39, 0.29) is 12.4 Å². The Morgan fingerprint density at radius 2 is 2.24 bits per heavy atom. The van der Waals surface area contributed by atoms with Gasteiger partial charge in [-0.1, -0.05) is 23.7 Å². The fourth-order valence-corrected chi connectivity index (χ4v) is 2.22. The van der Waals surface area contributed by atoms with Crippen LogP contribution in [-0.4, -0.2) is 16.0 Å². The number of rotatable bonds is 3. The van der Waals surface area contributed by atoms with Crippen LogP contribution in [0.1, 0.15) is 16.1 Å². The number of aromatic nitrogens is 1. The Labute approximate surface area is 125 Å². The van der Waals surface area contributed by atoms with Gasteiger partial charge in [0.05, 0.1) is 23.5 Å². The predicted octanol–water partition coefficient (Wildman–Crippen LogP) is 3.23. The number of para-hydroxylation sites is 1. The average Bonchev–Trinajstić information content (AvgIpc) is 2.93. The van der Waals surface area contributed by atoms with Gasteiger partial charge in [0, 0.05) is 17.1 Å². The van der Waals surface area contributed by atoms with Gasteiger partial charge in [0.25, 0.3) is 5.91 Å². The van der Waals surface area contributed by atoms with Crippen molar-refractivity contribution < 1.29 is 14.3 Å². The summed E-state index contributed by atoms with van der Waals surface area (Å²) >= 11 is 6.01. The molecule has 2 N–H and O–H groups in total. The third-order valence-corrected chi connectivity index (χ3v) is 3.35. The molecular weight excluding hydrogens is 292 g/mol. The molecule has 3 aromatic rings. The lowest BCUT2D eigenvalue weighted by Gasteiger charge is -2.06. The molecule has 3 rings (SSSR count). The Morgan fingerprint density at radius 1 is 1.38 bits per heavy atom. The van der Waals surface area contributed by atoms with Crippen LogP contribution >= 0.6 is 11.6 Å². The minimum atomic E-state index is -0.426. The molecule has 0 bridgehead atoms. The number of hydrogen-bond acceptors (Lipinski definition) is 4. The molecule has 1 aromatic carbocycles. The first-order valence-electron chi connectivity index (χ1n) is 6.22. The second kappa shape index (κ2) is 5.55. The summed E-state index contributed by atoms with van der Waals surface area (Å²) in [5.41, 5.74) is 1.49. The summed E-state index contributed by atoms with van der Waals surface area (Å²) in [4.78, 5) is 16.1. The molecule has 0 aliphatic heterocycles. The lowest BCUT2D eigenvalue weighted by atomic mass is 10.2. The van der Waals surface area contributed by atoms with Crippen LogP contribution in [0.3, 0.4) is 0 Å². The second-order valence-electron chi connectivity index (χ2n) is 4.41. The third-order valence-electron chi connectivity index (χ3n) is 3.05. The topological polar surface area (TPSA) is 75.4 Å². The number of carbonyl (C=O) groups is 1. The number of amides is 1. The van der Waals surface area contributed by atoms with Crippen molar-refractivity contribution in [3.63, 3.8) is 0 Å². The highest BCUT2D eigenvalue weighted by atomic mass is 35.5. The fourth-order valence-electron chi connectivity index (χ4n) is 2.00. The van der Waals surface area contributed by atoms with Crippen LogP contribution in [0.2, 0.25) is 5.02 Å². The van der Waals surface area contributed by atoms with Crippen molar-refractivity contribution in [3.8, 4) is 0 Å². The molecule has 0 unspecified atom stereocenters. The zero-order chi connectivity index (χ0) is 14.8.